The largest absolute Gasteiger partial charge is 0.454 e. The standard InChI is InChI=1S/C10H12IN3O/c1-14-5-4-8(13-14)6-12-7-9-2-3-10(11)15-9/h2-5,12H,6-7H2,1H3. The van der Waals surface area contributed by atoms with Crippen molar-refractivity contribution in [1.29, 1.82) is 0 Å². The van der Waals surface area contributed by atoms with E-state index in [1.165, 1.54) is 0 Å². The van der Waals surface area contributed by atoms with E-state index in [2.05, 4.69) is 33.0 Å². The van der Waals surface area contributed by atoms with Crippen LogP contribution >= 0.6 is 22.6 Å². The Balaban J connectivity index is 1.80. The van der Waals surface area contributed by atoms with Crippen LogP contribution in [-0.2, 0) is 20.1 Å². The van der Waals surface area contributed by atoms with Gasteiger partial charge in [0, 0.05) is 19.8 Å². The maximum atomic E-state index is 5.43. The van der Waals surface area contributed by atoms with Gasteiger partial charge in [0.05, 0.1) is 12.2 Å². The van der Waals surface area contributed by atoms with Crippen LogP contribution in [0.15, 0.2) is 28.8 Å². The molecule has 0 spiro atoms. The van der Waals surface area contributed by atoms with Crippen molar-refractivity contribution in [3.05, 3.63) is 39.6 Å². The third-order valence-electron chi connectivity index (χ3n) is 2.00. The van der Waals surface area contributed by atoms with Gasteiger partial charge in [-0.05, 0) is 40.8 Å². The van der Waals surface area contributed by atoms with Gasteiger partial charge < -0.3 is 9.73 Å². The first-order chi connectivity index (χ1) is 7.24. The van der Waals surface area contributed by atoms with Gasteiger partial charge in [0.15, 0.2) is 3.77 Å². The molecular formula is C10H12IN3O. The summed E-state index contributed by atoms with van der Waals surface area (Å²) in [6.45, 7) is 1.50. The first-order valence-electron chi connectivity index (χ1n) is 4.67. The number of halogens is 1. The van der Waals surface area contributed by atoms with Crippen LogP contribution in [0.25, 0.3) is 0 Å². The lowest BCUT2D eigenvalue weighted by Gasteiger charge is -1.99. The number of rotatable bonds is 4. The van der Waals surface area contributed by atoms with Crippen LogP contribution in [0.4, 0.5) is 0 Å². The van der Waals surface area contributed by atoms with E-state index in [1.54, 1.807) is 4.68 Å². The average Bonchev–Trinajstić information content (AvgIpc) is 2.76. The van der Waals surface area contributed by atoms with Gasteiger partial charge in [-0.25, -0.2) is 0 Å². The zero-order valence-electron chi connectivity index (χ0n) is 8.40. The minimum absolute atomic E-state index is 0.736. The molecular weight excluding hydrogens is 305 g/mol. The molecule has 2 aromatic heterocycles. The monoisotopic (exact) mass is 317 g/mol. The van der Waals surface area contributed by atoms with Gasteiger partial charge in [0.25, 0.3) is 0 Å². The van der Waals surface area contributed by atoms with Crippen molar-refractivity contribution in [3.8, 4) is 0 Å². The Bertz CT molecular complexity index is 395. The molecule has 5 heteroatoms. The van der Waals surface area contributed by atoms with Crippen molar-refractivity contribution < 1.29 is 4.42 Å². The normalized spacial score (nSPS) is 10.8. The smallest absolute Gasteiger partial charge is 0.164 e. The zero-order valence-corrected chi connectivity index (χ0v) is 10.6. The summed E-state index contributed by atoms with van der Waals surface area (Å²) in [7, 11) is 1.92. The average molecular weight is 317 g/mol. The summed E-state index contributed by atoms with van der Waals surface area (Å²) in [5.41, 5.74) is 1.04. The predicted octanol–water partition coefficient (Wildman–Crippen LogP) is 1.91. The zero-order chi connectivity index (χ0) is 10.7. The highest BCUT2D eigenvalue weighted by atomic mass is 127. The van der Waals surface area contributed by atoms with E-state index >= 15 is 0 Å². The van der Waals surface area contributed by atoms with Crippen molar-refractivity contribution in [2.24, 2.45) is 7.05 Å². The molecule has 2 aromatic rings. The highest BCUT2D eigenvalue weighted by Crippen LogP contribution is 2.09. The number of nitrogens with one attached hydrogen (secondary N) is 1. The summed E-state index contributed by atoms with van der Waals surface area (Å²) in [5, 5.41) is 7.54. The maximum Gasteiger partial charge on any atom is 0.164 e. The summed E-state index contributed by atoms with van der Waals surface area (Å²) in [6.07, 6.45) is 1.94. The fourth-order valence-electron chi connectivity index (χ4n) is 1.32. The molecule has 4 nitrogen and oxygen atoms in total. The van der Waals surface area contributed by atoms with E-state index in [0.717, 1.165) is 28.3 Å². The summed E-state index contributed by atoms with van der Waals surface area (Å²) in [6, 6.07) is 5.93. The lowest BCUT2D eigenvalue weighted by molar-refractivity contribution is 0.461. The van der Waals surface area contributed by atoms with Crippen LogP contribution in [-0.4, -0.2) is 9.78 Å². The van der Waals surface area contributed by atoms with Gasteiger partial charge >= 0.3 is 0 Å². The van der Waals surface area contributed by atoms with Crippen LogP contribution in [0.2, 0.25) is 0 Å². The van der Waals surface area contributed by atoms with Gasteiger partial charge in [-0.15, -0.1) is 0 Å². The van der Waals surface area contributed by atoms with E-state index in [-0.39, 0.29) is 0 Å². The highest BCUT2D eigenvalue weighted by molar-refractivity contribution is 14.1. The summed E-state index contributed by atoms with van der Waals surface area (Å²) < 4.78 is 8.14. The third-order valence-corrected chi connectivity index (χ3v) is 2.58. The molecule has 0 aliphatic carbocycles. The van der Waals surface area contributed by atoms with E-state index in [0.29, 0.717) is 0 Å². The molecule has 0 unspecified atom stereocenters. The Hall–Kier alpha value is -0.820. The Labute approximate surface area is 102 Å². The minimum atomic E-state index is 0.736. The van der Waals surface area contributed by atoms with E-state index in [9.17, 15) is 0 Å². The van der Waals surface area contributed by atoms with Crippen molar-refractivity contribution >= 4 is 22.6 Å². The Morgan fingerprint density at radius 3 is 2.87 bits per heavy atom. The molecule has 15 heavy (non-hydrogen) atoms. The molecule has 0 atom stereocenters. The quantitative estimate of drug-likeness (QED) is 0.876. The molecule has 0 aliphatic rings. The number of nitrogens with zero attached hydrogens (tertiary/aromatic N) is 2. The van der Waals surface area contributed by atoms with Gasteiger partial charge in [-0.1, -0.05) is 0 Å². The molecule has 0 saturated carbocycles. The van der Waals surface area contributed by atoms with Crippen LogP contribution in [0, 0.1) is 3.77 Å². The summed E-state index contributed by atoms with van der Waals surface area (Å²) in [5.74, 6) is 0.954. The fourth-order valence-corrected chi connectivity index (χ4v) is 1.78. The molecule has 0 amide bonds. The van der Waals surface area contributed by atoms with E-state index < -0.39 is 0 Å². The van der Waals surface area contributed by atoms with Gasteiger partial charge in [-0.3, -0.25) is 4.68 Å². The molecule has 1 N–H and O–H groups in total. The number of hydrogen-bond acceptors (Lipinski definition) is 3. The van der Waals surface area contributed by atoms with Crippen molar-refractivity contribution in [3.63, 3.8) is 0 Å². The molecule has 2 heterocycles. The molecule has 0 radical (unpaired) electrons. The minimum Gasteiger partial charge on any atom is -0.454 e. The Kier molecular flexibility index (Phi) is 3.42. The molecule has 2 rings (SSSR count). The first-order valence-corrected chi connectivity index (χ1v) is 5.75. The second kappa shape index (κ2) is 4.80. The third kappa shape index (κ3) is 3.07. The molecule has 0 bridgehead atoms. The van der Waals surface area contributed by atoms with E-state index in [4.69, 9.17) is 4.42 Å². The molecule has 0 saturated heterocycles. The number of aromatic nitrogens is 2. The van der Waals surface area contributed by atoms with Crippen molar-refractivity contribution in [1.82, 2.24) is 15.1 Å². The number of aryl methyl sites for hydroxylation is 1. The second-order valence-corrected chi connectivity index (χ2v) is 4.35. The Morgan fingerprint density at radius 2 is 2.27 bits per heavy atom. The maximum absolute atomic E-state index is 5.43. The summed E-state index contributed by atoms with van der Waals surface area (Å²) in [4.78, 5) is 0. The lowest BCUT2D eigenvalue weighted by atomic mass is 10.4. The molecule has 0 aliphatic heterocycles. The van der Waals surface area contributed by atoms with Gasteiger partial charge in [0.1, 0.15) is 5.76 Å². The van der Waals surface area contributed by atoms with E-state index in [1.807, 2.05) is 31.4 Å². The van der Waals surface area contributed by atoms with Crippen molar-refractivity contribution in [2.75, 3.05) is 0 Å². The predicted molar refractivity (Wildman–Crippen MR) is 65.2 cm³/mol. The number of furan rings is 1. The van der Waals surface area contributed by atoms with Gasteiger partial charge in [0.2, 0.25) is 0 Å². The van der Waals surface area contributed by atoms with Crippen LogP contribution in [0.1, 0.15) is 11.5 Å². The fraction of sp³-hybridized carbons (Fsp3) is 0.300. The second-order valence-electron chi connectivity index (χ2n) is 3.29. The Morgan fingerprint density at radius 1 is 1.40 bits per heavy atom. The number of hydrogen-bond donors (Lipinski definition) is 1. The van der Waals surface area contributed by atoms with Crippen LogP contribution in [0.5, 0.6) is 0 Å². The molecule has 0 aromatic carbocycles. The summed E-state index contributed by atoms with van der Waals surface area (Å²) >= 11 is 2.16. The lowest BCUT2D eigenvalue weighted by Crippen LogP contribution is -2.12. The van der Waals surface area contributed by atoms with Crippen molar-refractivity contribution in [2.45, 2.75) is 13.1 Å². The SMILES string of the molecule is Cn1ccc(CNCc2ccc(I)o2)n1. The first kappa shape index (κ1) is 10.7. The van der Waals surface area contributed by atoms with Crippen LogP contribution in [0.3, 0.4) is 0 Å². The topological polar surface area (TPSA) is 43.0 Å². The molecule has 80 valence electrons. The molecule has 0 fully saturated rings. The highest BCUT2D eigenvalue weighted by Gasteiger charge is 2.00. The van der Waals surface area contributed by atoms with Gasteiger partial charge in [-0.2, -0.15) is 5.10 Å². The van der Waals surface area contributed by atoms with Crippen LogP contribution < -0.4 is 5.32 Å².